The first-order valence-electron chi connectivity index (χ1n) is 8.11. The van der Waals surface area contributed by atoms with Crippen LogP contribution in [-0.2, 0) is 6.42 Å². The third-order valence-corrected chi connectivity index (χ3v) is 4.26. The molecule has 0 amide bonds. The van der Waals surface area contributed by atoms with Crippen LogP contribution in [0.25, 0.3) is 5.78 Å². The van der Waals surface area contributed by atoms with E-state index in [4.69, 9.17) is 0 Å². The molecule has 0 spiro atoms. The van der Waals surface area contributed by atoms with Crippen LogP contribution in [0.4, 0.5) is 5.82 Å². The molecule has 2 aromatic rings. The highest BCUT2D eigenvalue weighted by Crippen LogP contribution is 2.31. The van der Waals surface area contributed by atoms with E-state index in [1.165, 1.54) is 0 Å². The second-order valence-corrected chi connectivity index (χ2v) is 7.06. The van der Waals surface area contributed by atoms with E-state index in [-0.39, 0.29) is 11.5 Å². The van der Waals surface area contributed by atoms with Crippen molar-refractivity contribution in [2.45, 2.75) is 52.6 Å². The number of fused-ring (bicyclic) bond motifs is 1. The molecule has 120 valence electrons. The summed E-state index contributed by atoms with van der Waals surface area (Å²) in [6.07, 6.45) is 4.93. The van der Waals surface area contributed by atoms with E-state index in [0.717, 1.165) is 50.3 Å². The van der Waals surface area contributed by atoms with Gasteiger partial charge in [0.2, 0.25) is 0 Å². The maximum atomic E-state index is 10.1. The van der Waals surface area contributed by atoms with Gasteiger partial charge in [0.05, 0.1) is 6.10 Å². The number of anilines is 1. The first kappa shape index (κ1) is 15.2. The molecule has 3 rings (SSSR count). The molecule has 6 heteroatoms. The van der Waals surface area contributed by atoms with E-state index in [9.17, 15) is 5.11 Å². The largest absolute Gasteiger partial charge is 0.393 e. The van der Waals surface area contributed by atoms with Crippen molar-refractivity contribution < 1.29 is 5.11 Å². The minimum absolute atomic E-state index is 0.0665. The standard InChI is InChI=1S/C16H25N5O/c1-4-5-12-8-14(21-15(19-12)17-11-18-21)20-7-6-13(22)9-16(2,3)10-20/h8,11,13,22H,4-7,9-10H2,1-3H3. The van der Waals surface area contributed by atoms with E-state index in [1.807, 2.05) is 4.52 Å². The number of hydrogen-bond acceptors (Lipinski definition) is 5. The fourth-order valence-corrected chi connectivity index (χ4v) is 3.35. The van der Waals surface area contributed by atoms with E-state index in [2.05, 4.69) is 46.8 Å². The quantitative estimate of drug-likeness (QED) is 0.940. The van der Waals surface area contributed by atoms with Crippen molar-refractivity contribution >= 4 is 11.6 Å². The highest BCUT2D eigenvalue weighted by Gasteiger charge is 2.30. The van der Waals surface area contributed by atoms with Crippen LogP contribution < -0.4 is 4.90 Å². The molecule has 3 heterocycles. The van der Waals surface area contributed by atoms with Crippen LogP contribution in [-0.4, -0.2) is 43.9 Å². The number of aliphatic hydroxyl groups is 1. The number of aryl methyl sites for hydroxylation is 1. The first-order chi connectivity index (χ1) is 10.5. The van der Waals surface area contributed by atoms with E-state index in [0.29, 0.717) is 5.78 Å². The summed E-state index contributed by atoms with van der Waals surface area (Å²) in [6.45, 7) is 8.30. The molecule has 0 aliphatic carbocycles. The lowest BCUT2D eigenvalue weighted by Crippen LogP contribution is -2.34. The molecule has 22 heavy (non-hydrogen) atoms. The zero-order valence-electron chi connectivity index (χ0n) is 13.7. The van der Waals surface area contributed by atoms with Gasteiger partial charge in [-0.2, -0.15) is 14.6 Å². The summed E-state index contributed by atoms with van der Waals surface area (Å²) in [6, 6.07) is 2.12. The van der Waals surface area contributed by atoms with Crippen molar-refractivity contribution in [3.63, 3.8) is 0 Å². The Bertz CT molecular complexity index is 651. The average molecular weight is 303 g/mol. The predicted octanol–water partition coefficient (Wildman–Crippen LogP) is 2.06. The minimum Gasteiger partial charge on any atom is -0.393 e. The van der Waals surface area contributed by atoms with Crippen LogP contribution >= 0.6 is 0 Å². The monoisotopic (exact) mass is 303 g/mol. The van der Waals surface area contributed by atoms with Crippen molar-refractivity contribution in [1.82, 2.24) is 19.6 Å². The summed E-state index contributed by atoms with van der Waals surface area (Å²) in [5.74, 6) is 1.69. The Morgan fingerprint density at radius 2 is 2.23 bits per heavy atom. The van der Waals surface area contributed by atoms with Crippen LogP contribution in [0.1, 0.15) is 45.7 Å². The zero-order chi connectivity index (χ0) is 15.7. The van der Waals surface area contributed by atoms with Gasteiger partial charge in [0.25, 0.3) is 5.78 Å². The van der Waals surface area contributed by atoms with Gasteiger partial charge in [0, 0.05) is 24.8 Å². The first-order valence-corrected chi connectivity index (χ1v) is 8.11. The van der Waals surface area contributed by atoms with Crippen LogP contribution in [0.3, 0.4) is 0 Å². The lowest BCUT2D eigenvalue weighted by molar-refractivity contribution is 0.123. The molecular formula is C16H25N5O. The molecule has 2 aromatic heterocycles. The molecule has 0 aromatic carbocycles. The number of rotatable bonds is 3. The van der Waals surface area contributed by atoms with Gasteiger partial charge in [-0.3, -0.25) is 0 Å². The predicted molar refractivity (Wildman–Crippen MR) is 86.0 cm³/mol. The molecule has 1 atom stereocenters. The SMILES string of the molecule is CCCc1cc(N2CCC(O)CC(C)(C)C2)n2ncnc2n1. The molecule has 0 saturated carbocycles. The molecule has 0 radical (unpaired) electrons. The summed E-state index contributed by atoms with van der Waals surface area (Å²) in [4.78, 5) is 11.1. The van der Waals surface area contributed by atoms with E-state index < -0.39 is 0 Å². The molecule has 1 N–H and O–H groups in total. The Labute approximate surface area is 131 Å². The topological polar surface area (TPSA) is 66.5 Å². The Morgan fingerprint density at radius 1 is 1.41 bits per heavy atom. The second kappa shape index (κ2) is 5.83. The summed E-state index contributed by atoms with van der Waals surface area (Å²) in [5, 5.41) is 14.5. The molecule has 0 bridgehead atoms. The van der Waals surface area contributed by atoms with E-state index >= 15 is 0 Å². The Balaban J connectivity index is 2.02. The van der Waals surface area contributed by atoms with Gasteiger partial charge >= 0.3 is 0 Å². The fraction of sp³-hybridized carbons (Fsp3) is 0.688. The second-order valence-electron chi connectivity index (χ2n) is 7.06. The number of aliphatic hydroxyl groups excluding tert-OH is 1. The van der Waals surface area contributed by atoms with Gasteiger partial charge in [-0.15, -0.1) is 0 Å². The average Bonchev–Trinajstić information content (AvgIpc) is 2.85. The lowest BCUT2D eigenvalue weighted by Gasteiger charge is -2.31. The van der Waals surface area contributed by atoms with Crippen molar-refractivity contribution in [3.8, 4) is 0 Å². The third-order valence-electron chi connectivity index (χ3n) is 4.26. The molecule has 1 aliphatic heterocycles. The fourth-order valence-electron chi connectivity index (χ4n) is 3.35. The Kier molecular flexibility index (Phi) is 4.04. The molecule has 1 fully saturated rings. The van der Waals surface area contributed by atoms with Gasteiger partial charge in [0.15, 0.2) is 0 Å². The molecule has 6 nitrogen and oxygen atoms in total. The van der Waals surface area contributed by atoms with Gasteiger partial charge < -0.3 is 10.0 Å². The van der Waals surface area contributed by atoms with Crippen molar-refractivity contribution in [3.05, 3.63) is 18.1 Å². The Morgan fingerprint density at radius 3 is 3.00 bits per heavy atom. The maximum absolute atomic E-state index is 10.1. The van der Waals surface area contributed by atoms with Gasteiger partial charge in [0.1, 0.15) is 12.1 Å². The van der Waals surface area contributed by atoms with E-state index in [1.54, 1.807) is 6.33 Å². The lowest BCUT2D eigenvalue weighted by atomic mass is 9.87. The minimum atomic E-state index is -0.233. The smallest absolute Gasteiger partial charge is 0.254 e. The van der Waals surface area contributed by atoms with Gasteiger partial charge in [-0.05, 0) is 24.7 Å². The summed E-state index contributed by atoms with van der Waals surface area (Å²) in [5.41, 5.74) is 1.12. The zero-order valence-corrected chi connectivity index (χ0v) is 13.7. The van der Waals surface area contributed by atoms with Gasteiger partial charge in [-0.1, -0.05) is 27.2 Å². The van der Waals surface area contributed by atoms with Crippen molar-refractivity contribution in [2.75, 3.05) is 18.0 Å². The van der Waals surface area contributed by atoms with Crippen molar-refractivity contribution in [1.29, 1.82) is 0 Å². The van der Waals surface area contributed by atoms with Crippen LogP contribution in [0.2, 0.25) is 0 Å². The molecule has 1 aliphatic rings. The summed E-state index contributed by atoms with van der Waals surface area (Å²) >= 11 is 0. The highest BCUT2D eigenvalue weighted by atomic mass is 16.3. The number of hydrogen-bond donors (Lipinski definition) is 1. The summed E-state index contributed by atoms with van der Waals surface area (Å²) in [7, 11) is 0. The van der Waals surface area contributed by atoms with Crippen molar-refractivity contribution in [2.24, 2.45) is 5.41 Å². The van der Waals surface area contributed by atoms with Crippen LogP contribution in [0.5, 0.6) is 0 Å². The third kappa shape index (κ3) is 3.06. The number of nitrogens with zero attached hydrogens (tertiary/aromatic N) is 5. The normalized spacial score (nSPS) is 22.0. The maximum Gasteiger partial charge on any atom is 0.254 e. The summed E-state index contributed by atoms with van der Waals surface area (Å²) < 4.78 is 1.81. The molecule has 1 unspecified atom stereocenters. The Hall–Kier alpha value is -1.69. The van der Waals surface area contributed by atoms with Gasteiger partial charge in [-0.25, -0.2) is 4.98 Å². The highest BCUT2D eigenvalue weighted by molar-refractivity contribution is 5.47. The molecular weight excluding hydrogens is 278 g/mol. The van der Waals surface area contributed by atoms with Crippen LogP contribution in [0.15, 0.2) is 12.4 Å². The molecule has 1 saturated heterocycles. The number of aromatic nitrogens is 4. The van der Waals surface area contributed by atoms with Crippen LogP contribution in [0, 0.1) is 5.41 Å².